The van der Waals surface area contributed by atoms with Crippen molar-refractivity contribution >= 4 is 44.2 Å². The molecule has 1 spiro atoms. The molecule has 2 N–H and O–H groups in total. The lowest BCUT2D eigenvalue weighted by atomic mass is 9.84. The van der Waals surface area contributed by atoms with Crippen molar-refractivity contribution in [1.29, 1.82) is 0 Å². The number of carbonyl (C=O) groups is 2. The summed E-state index contributed by atoms with van der Waals surface area (Å²) in [5, 5.41) is 7.89. The second kappa shape index (κ2) is 11.7. The maximum atomic E-state index is 14.6. The molecule has 0 aromatic heterocycles. The molecule has 5 rings (SSSR count). The number of likely N-dealkylation sites (N-methyl/N-ethyl adjacent to an activating group) is 1. The van der Waals surface area contributed by atoms with Crippen LogP contribution in [0.4, 0.5) is 10.1 Å². The highest BCUT2D eigenvalue weighted by Gasteiger charge is 2.52. The van der Waals surface area contributed by atoms with Crippen molar-refractivity contribution in [1.82, 2.24) is 10.6 Å². The number of nitrogens with one attached hydrogen (secondary N) is 2. The minimum absolute atomic E-state index is 0.116. The van der Waals surface area contributed by atoms with E-state index in [0.29, 0.717) is 43.9 Å². The van der Waals surface area contributed by atoms with E-state index in [2.05, 4.69) is 26.6 Å². The summed E-state index contributed by atoms with van der Waals surface area (Å²) in [6.45, 7) is 2.71. The van der Waals surface area contributed by atoms with Gasteiger partial charge < -0.3 is 29.7 Å². The number of hydrogen-bond donors (Lipinski definition) is 2. The van der Waals surface area contributed by atoms with Crippen LogP contribution < -0.4 is 25.0 Å². The van der Waals surface area contributed by atoms with E-state index in [1.165, 1.54) is 12.1 Å². The van der Waals surface area contributed by atoms with E-state index < -0.39 is 23.5 Å². The van der Waals surface area contributed by atoms with Gasteiger partial charge in [0.25, 0.3) is 5.91 Å². The Hall–Kier alpha value is -3.21. The van der Waals surface area contributed by atoms with Gasteiger partial charge in [0.2, 0.25) is 5.91 Å². The highest BCUT2D eigenvalue weighted by molar-refractivity contribution is 9.10. The third kappa shape index (κ3) is 5.27. The molecule has 0 radical (unpaired) electrons. The van der Waals surface area contributed by atoms with E-state index in [4.69, 9.17) is 14.2 Å². The minimum atomic E-state index is -1.11. The first-order valence-corrected chi connectivity index (χ1v) is 14.2. The van der Waals surface area contributed by atoms with Crippen LogP contribution in [0.3, 0.4) is 0 Å². The average molecular weight is 615 g/mol. The quantitative estimate of drug-likeness (QED) is 0.401. The SMILES string of the molecule is CCC(NC)C(=O)N[C@@H]1C(=O)N(Cc2c(OC)ccc3cc(Br)ccc23)c2ccc(F)cc2OC12CCOCC2. The van der Waals surface area contributed by atoms with E-state index in [0.717, 1.165) is 20.8 Å². The van der Waals surface area contributed by atoms with Gasteiger partial charge in [-0.3, -0.25) is 9.59 Å². The van der Waals surface area contributed by atoms with Crippen molar-refractivity contribution in [2.45, 2.75) is 50.4 Å². The predicted molar refractivity (Wildman–Crippen MR) is 154 cm³/mol. The molecule has 3 aromatic carbocycles. The molecule has 0 bridgehead atoms. The molecule has 2 atom stereocenters. The third-order valence-corrected chi connectivity index (χ3v) is 8.34. The molecule has 10 heteroatoms. The van der Waals surface area contributed by atoms with Crippen LogP contribution in [0.2, 0.25) is 0 Å². The van der Waals surface area contributed by atoms with Crippen LogP contribution in [0.1, 0.15) is 31.7 Å². The van der Waals surface area contributed by atoms with E-state index in [-0.39, 0.29) is 24.1 Å². The Morgan fingerprint density at radius 2 is 1.98 bits per heavy atom. The standard InChI is InChI=1S/C30H33BrFN3O5/c1-4-23(33-2)28(36)34-27-29(37)35(17-22-21-8-6-19(31)15-18(21)5-10-25(22)38-3)24-9-7-20(32)16-26(24)40-30(27)11-13-39-14-12-30/h5-10,15-16,23,27,33H,4,11-14,17H2,1-3H3,(H,34,36)/t23?,27-/m1/s1. The molecular formula is C30H33BrFN3O5. The minimum Gasteiger partial charge on any atom is -0.496 e. The van der Waals surface area contributed by atoms with Crippen LogP contribution in [0, 0.1) is 5.82 Å². The lowest BCUT2D eigenvalue weighted by Crippen LogP contribution is -2.65. The number of fused-ring (bicyclic) bond motifs is 2. The van der Waals surface area contributed by atoms with Crippen LogP contribution in [-0.4, -0.2) is 56.9 Å². The van der Waals surface area contributed by atoms with Gasteiger partial charge in [0.1, 0.15) is 29.0 Å². The fourth-order valence-electron chi connectivity index (χ4n) is 5.66. The van der Waals surface area contributed by atoms with Crippen molar-refractivity contribution in [2.75, 3.05) is 32.3 Å². The zero-order chi connectivity index (χ0) is 28.4. The smallest absolute Gasteiger partial charge is 0.254 e. The Balaban J connectivity index is 1.66. The molecule has 1 unspecified atom stereocenters. The Labute approximate surface area is 241 Å². The van der Waals surface area contributed by atoms with Crippen molar-refractivity contribution in [3.05, 3.63) is 64.4 Å². The molecule has 212 valence electrons. The summed E-state index contributed by atoms with van der Waals surface area (Å²) in [4.78, 5) is 29.5. The van der Waals surface area contributed by atoms with E-state index in [1.807, 2.05) is 37.3 Å². The number of rotatable bonds is 7. The number of amides is 2. The van der Waals surface area contributed by atoms with E-state index in [1.54, 1.807) is 25.1 Å². The fourth-order valence-corrected chi connectivity index (χ4v) is 6.03. The zero-order valence-corrected chi connectivity index (χ0v) is 24.3. The van der Waals surface area contributed by atoms with Gasteiger partial charge in [0, 0.05) is 28.9 Å². The number of halogens is 2. The number of carbonyl (C=O) groups excluding carboxylic acids is 2. The number of hydrogen-bond acceptors (Lipinski definition) is 6. The second-order valence-corrected chi connectivity index (χ2v) is 11.0. The van der Waals surface area contributed by atoms with Crippen molar-refractivity contribution in [2.24, 2.45) is 0 Å². The summed E-state index contributed by atoms with van der Waals surface area (Å²) in [7, 11) is 3.29. The Bertz CT molecular complexity index is 1420. The first kappa shape index (κ1) is 28.3. The summed E-state index contributed by atoms with van der Waals surface area (Å²) < 4.78 is 33.4. The molecule has 3 aromatic rings. The van der Waals surface area contributed by atoms with Gasteiger partial charge >= 0.3 is 0 Å². The van der Waals surface area contributed by atoms with Crippen LogP contribution in [0.5, 0.6) is 11.5 Å². The topological polar surface area (TPSA) is 89.1 Å². The monoisotopic (exact) mass is 613 g/mol. The fraction of sp³-hybridized carbons (Fsp3) is 0.400. The third-order valence-electron chi connectivity index (χ3n) is 7.85. The Kier molecular flexibility index (Phi) is 8.30. The number of methoxy groups -OCH3 is 1. The molecule has 2 aliphatic heterocycles. The van der Waals surface area contributed by atoms with E-state index >= 15 is 0 Å². The van der Waals surface area contributed by atoms with Gasteiger partial charge in [-0.05, 0) is 54.6 Å². The molecule has 0 saturated carbocycles. The molecular weight excluding hydrogens is 581 g/mol. The summed E-state index contributed by atoms with van der Waals surface area (Å²) in [5.74, 6) is -0.274. The molecule has 0 aliphatic carbocycles. The largest absolute Gasteiger partial charge is 0.496 e. The molecule has 1 saturated heterocycles. The van der Waals surface area contributed by atoms with Crippen LogP contribution >= 0.6 is 15.9 Å². The van der Waals surface area contributed by atoms with Crippen LogP contribution in [0.15, 0.2) is 53.0 Å². The van der Waals surface area contributed by atoms with E-state index in [9.17, 15) is 14.0 Å². The van der Waals surface area contributed by atoms with Crippen LogP contribution in [-0.2, 0) is 20.9 Å². The lowest BCUT2D eigenvalue weighted by molar-refractivity contribution is -0.138. The normalized spacial score (nSPS) is 19.1. The van der Waals surface area contributed by atoms with Crippen molar-refractivity contribution in [3.63, 3.8) is 0 Å². The lowest BCUT2D eigenvalue weighted by Gasteiger charge is -2.41. The molecule has 2 heterocycles. The van der Waals surface area contributed by atoms with Crippen molar-refractivity contribution in [3.8, 4) is 11.5 Å². The first-order chi connectivity index (χ1) is 19.3. The zero-order valence-electron chi connectivity index (χ0n) is 22.8. The van der Waals surface area contributed by atoms with Gasteiger partial charge in [-0.2, -0.15) is 0 Å². The van der Waals surface area contributed by atoms with Gasteiger partial charge in [0.15, 0.2) is 0 Å². The maximum Gasteiger partial charge on any atom is 0.254 e. The summed E-state index contributed by atoms with van der Waals surface area (Å²) in [6.07, 6.45) is 1.25. The molecule has 1 fully saturated rings. The number of ether oxygens (including phenoxy) is 3. The molecule has 2 amide bonds. The van der Waals surface area contributed by atoms with Gasteiger partial charge in [-0.1, -0.05) is 35.0 Å². The first-order valence-electron chi connectivity index (χ1n) is 13.4. The second-order valence-electron chi connectivity index (χ2n) is 10.1. The Morgan fingerprint density at radius 1 is 1.20 bits per heavy atom. The van der Waals surface area contributed by atoms with Gasteiger partial charge in [-0.25, -0.2) is 4.39 Å². The van der Waals surface area contributed by atoms with Gasteiger partial charge in [-0.15, -0.1) is 0 Å². The molecule has 8 nitrogen and oxygen atoms in total. The summed E-state index contributed by atoms with van der Waals surface area (Å²) >= 11 is 3.53. The number of benzene rings is 3. The van der Waals surface area contributed by atoms with Crippen molar-refractivity contribution < 1.29 is 28.2 Å². The average Bonchev–Trinajstić information content (AvgIpc) is 3.03. The van der Waals surface area contributed by atoms with Gasteiger partial charge in [0.05, 0.1) is 38.6 Å². The molecule has 40 heavy (non-hydrogen) atoms. The highest BCUT2D eigenvalue weighted by Crippen LogP contribution is 2.43. The maximum absolute atomic E-state index is 14.6. The summed E-state index contributed by atoms with van der Waals surface area (Å²) in [6, 6.07) is 12.4. The molecule has 2 aliphatic rings. The van der Waals surface area contributed by atoms with Crippen LogP contribution in [0.25, 0.3) is 10.8 Å². The number of nitrogens with zero attached hydrogens (tertiary/aromatic N) is 1. The summed E-state index contributed by atoms with van der Waals surface area (Å²) in [5.41, 5.74) is 0.0961. The number of anilines is 1. The predicted octanol–water partition coefficient (Wildman–Crippen LogP) is 4.71. The Morgan fingerprint density at radius 3 is 2.67 bits per heavy atom. The highest BCUT2D eigenvalue weighted by atomic mass is 79.9.